The Hall–Kier alpha value is -0.390. The van der Waals surface area contributed by atoms with E-state index >= 15 is 0 Å². The Morgan fingerprint density at radius 1 is 1.35 bits per heavy atom. The minimum atomic E-state index is -0.686. The van der Waals surface area contributed by atoms with Crippen molar-refractivity contribution in [2.45, 2.75) is 25.9 Å². The SMILES string of the molecule is COC(=O)C(C)(C)NCc1ccc(Br)c(Br)c1. The summed E-state index contributed by atoms with van der Waals surface area (Å²) >= 11 is 6.86. The van der Waals surface area contributed by atoms with Crippen molar-refractivity contribution < 1.29 is 9.53 Å². The van der Waals surface area contributed by atoms with Gasteiger partial charge in [0, 0.05) is 15.5 Å². The van der Waals surface area contributed by atoms with E-state index in [1.54, 1.807) is 13.8 Å². The molecule has 3 nitrogen and oxygen atoms in total. The number of halogens is 2. The lowest BCUT2D eigenvalue weighted by Gasteiger charge is -2.23. The number of hydrogen-bond donors (Lipinski definition) is 1. The van der Waals surface area contributed by atoms with Gasteiger partial charge < -0.3 is 4.74 Å². The average Bonchev–Trinajstić information content (AvgIpc) is 2.29. The van der Waals surface area contributed by atoms with E-state index < -0.39 is 5.54 Å². The maximum absolute atomic E-state index is 11.5. The first-order valence-corrected chi connectivity index (χ1v) is 6.73. The van der Waals surface area contributed by atoms with Crippen molar-refractivity contribution in [3.8, 4) is 0 Å². The van der Waals surface area contributed by atoms with Crippen molar-refractivity contribution in [2.24, 2.45) is 0 Å². The van der Waals surface area contributed by atoms with Crippen LogP contribution in [0.25, 0.3) is 0 Å². The van der Waals surface area contributed by atoms with E-state index in [4.69, 9.17) is 4.74 Å². The fraction of sp³-hybridized carbons (Fsp3) is 0.417. The van der Waals surface area contributed by atoms with E-state index in [1.165, 1.54) is 7.11 Å². The Morgan fingerprint density at radius 2 is 2.00 bits per heavy atom. The molecular weight excluding hydrogens is 350 g/mol. The number of hydrogen-bond acceptors (Lipinski definition) is 3. The molecule has 0 spiro atoms. The summed E-state index contributed by atoms with van der Waals surface area (Å²) in [7, 11) is 1.39. The quantitative estimate of drug-likeness (QED) is 0.833. The molecule has 0 saturated carbocycles. The van der Waals surface area contributed by atoms with Gasteiger partial charge in [0.2, 0.25) is 0 Å². The lowest BCUT2D eigenvalue weighted by atomic mass is 10.1. The minimum Gasteiger partial charge on any atom is -0.468 e. The number of esters is 1. The molecule has 0 aromatic heterocycles. The molecule has 1 N–H and O–H groups in total. The van der Waals surface area contributed by atoms with Crippen LogP contribution in [0.5, 0.6) is 0 Å². The van der Waals surface area contributed by atoms with Gasteiger partial charge in [0.15, 0.2) is 0 Å². The molecule has 0 amide bonds. The van der Waals surface area contributed by atoms with Gasteiger partial charge in [-0.2, -0.15) is 0 Å². The number of methoxy groups -OCH3 is 1. The number of carbonyl (C=O) groups is 1. The number of ether oxygens (including phenoxy) is 1. The summed E-state index contributed by atoms with van der Waals surface area (Å²) < 4.78 is 6.73. The highest BCUT2D eigenvalue weighted by Gasteiger charge is 2.27. The Bertz CT molecular complexity index is 419. The topological polar surface area (TPSA) is 38.3 Å². The second kappa shape index (κ2) is 5.98. The molecule has 0 bridgehead atoms. The first-order chi connectivity index (χ1) is 7.86. The fourth-order valence-corrected chi connectivity index (χ4v) is 1.97. The summed E-state index contributed by atoms with van der Waals surface area (Å²) in [6.45, 7) is 4.20. The first-order valence-electron chi connectivity index (χ1n) is 5.14. The fourth-order valence-electron chi connectivity index (χ4n) is 1.30. The summed E-state index contributed by atoms with van der Waals surface area (Å²) in [6.07, 6.45) is 0. The van der Waals surface area contributed by atoms with E-state index in [2.05, 4.69) is 37.2 Å². The summed E-state index contributed by atoms with van der Waals surface area (Å²) in [5.74, 6) is -0.270. The molecule has 1 aromatic rings. The van der Waals surface area contributed by atoms with Gasteiger partial charge >= 0.3 is 5.97 Å². The predicted molar refractivity (Wildman–Crippen MR) is 74.8 cm³/mol. The van der Waals surface area contributed by atoms with Crippen LogP contribution in [0.2, 0.25) is 0 Å². The van der Waals surface area contributed by atoms with E-state index in [0.717, 1.165) is 14.5 Å². The summed E-state index contributed by atoms with van der Waals surface area (Å²) in [6, 6.07) is 5.96. The van der Waals surface area contributed by atoms with E-state index in [0.29, 0.717) is 6.54 Å². The molecule has 0 heterocycles. The average molecular weight is 365 g/mol. The Kier molecular flexibility index (Phi) is 5.16. The van der Waals surface area contributed by atoms with Crippen LogP contribution in [0.3, 0.4) is 0 Å². The van der Waals surface area contributed by atoms with Crippen molar-refractivity contribution in [3.05, 3.63) is 32.7 Å². The number of nitrogens with one attached hydrogen (secondary N) is 1. The molecule has 94 valence electrons. The second-order valence-electron chi connectivity index (χ2n) is 4.22. The molecule has 1 rings (SSSR count). The number of rotatable bonds is 4. The van der Waals surface area contributed by atoms with Gasteiger partial charge in [-0.25, -0.2) is 0 Å². The third kappa shape index (κ3) is 4.08. The van der Waals surface area contributed by atoms with E-state index in [9.17, 15) is 4.79 Å². The predicted octanol–water partition coefficient (Wildman–Crippen LogP) is 3.25. The summed E-state index contributed by atoms with van der Waals surface area (Å²) in [4.78, 5) is 11.5. The van der Waals surface area contributed by atoms with Gasteiger partial charge in [-0.05, 0) is 63.4 Å². The Labute approximate surface area is 118 Å². The lowest BCUT2D eigenvalue weighted by molar-refractivity contribution is -0.147. The van der Waals surface area contributed by atoms with Crippen LogP contribution in [0, 0.1) is 0 Å². The van der Waals surface area contributed by atoms with E-state index in [1.807, 2.05) is 18.2 Å². The van der Waals surface area contributed by atoms with Crippen LogP contribution < -0.4 is 5.32 Å². The second-order valence-corrected chi connectivity index (χ2v) is 5.93. The van der Waals surface area contributed by atoms with Crippen LogP contribution in [0.15, 0.2) is 27.1 Å². The molecule has 0 aliphatic rings. The van der Waals surface area contributed by atoms with Crippen LogP contribution in [-0.4, -0.2) is 18.6 Å². The maximum atomic E-state index is 11.5. The zero-order chi connectivity index (χ0) is 13.1. The zero-order valence-corrected chi connectivity index (χ0v) is 13.2. The molecule has 0 unspecified atom stereocenters. The highest BCUT2D eigenvalue weighted by molar-refractivity contribution is 9.13. The molecule has 0 radical (unpaired) electrons. The van der Waals surface area contributed by atoms with Crippen LogP contribution in [-0.2, 0) is 16.1 Å². The molecule has 0 atom stereocenters. The molecule has 1 aromatic carbocycles. The number of carbonyl (C=O) groups excluding carboxylic acids is 1. The molecule has 17 heavy (non-hydrogen) atoms. The van der Waals surface area contributed by atoms with Crippen molar-refractivity contribution in [3.63, 3.8) is 0 Å². The monoisotopic (exact) mass is 363 g/mol. The van der Waals surface area contributed by atoms with Crippen LogP contribution >= 0.6 is 31.9 Å². The van der Waals surface area contributed by atoms with Crippen LogP contribution in [0.4, 0.5) is 0 Å². The number of benzene rings is 1. The highest BCUT2D eigenvalue weighted by atomic mass is 79.9. The smallest absolute Gasteiger partial charge is 0.325 e. The largest absolute Gasteiger partial charge is 0.468 e. The van der Waals surface area contributed by atoms with Gasteiger partial charge in [0.25, 0.3) is 0 Å². The van der Waals surface area contributed by atoms with E-state index in [-0.39, 0.29) is 5.97 Å². The molecular formula is C12H15Br2NO2. The standard InChI is InChI=1S/C12H15Br2NO2/c1-12(2,11(16)17-3)15-7-8-4-5-9(13)10(14)6-8/h4-6,15H,7H2,1-3H3. The first kappa shape index (κ1) is 14.7. The van der Waals surface area contributed by atoms with Crippen molar-refractivity contribution in [1.29, 1.82) is 0 Å². The zero-order valence-electron chi connectivity index (χ0n) is 10.0. The van der Waals surface area contributed by atoms with Gasteiger partial charge in [-0.3, -0.25) is 10.1 Å². The minimum absolute atomic E-state index is 0.270. The normalized spacial score (nSPS) is 11.4. The molecule has 0 saturated heterocycles. The molecule has 0 aliphatic carbocycles. The van der Waals surface area contributed by atoms with Gasteiger partial charge in [0.1, 0.15) is 5.54 Å². The van der Waals surface area contributed by atoms with Crippen LogP contribution in [0.1, 0.15) is 19.4 Å². The lowest BCUT2D eigenvalue weighted by Crippen LogP contribution is -2.46. The highest BCUT2D eigenvalue weighted by Crippen LogP contribution is 2.24. The van der Waals surface area contributed by atoms with Crippen molar-refractivity contribution in [2.75, 3.05) is 7.11 Å². The van der Waals surface area contributed by atoms with Crippen molar-refractivity contribution in [1.82, 2.24) is 5.32 Å². The molecule has 0 fully saturated rings. The third-order valence-electron chi connectivity index (χ3n) is 2.41. The maximum Gasteiger partial charge on any atom is 0.325 e. The molecule has 5 heteroatoms. The van der Waals surface area contributed by atoms with Gasteiger partial charge in [0.05, 0.1) is 7.11 Å². The summed E-state index contributed by atoms with van der Waals surface area (Å²) in [5.41, 5.74) is 0.408. The van der Waals surface area contributed by atoms with Gasteiger partial charge in [-0.15, -0.1) is 0 Å². The summed E-state index contributed by atoms with van der Waals surface area (Å²) in [5, 5.41) is 3.16. The van der Waals surface area contributed by atoms with Gasteiger partial charge in [-0.1, -0.05) is 6.07 Å². The Balaban J connectivity index is 2.67. The molecule has 0 aliphatic heterocycles. The Morgan fingerprint density at radius 3 is 2.53 bits per heavy atom. The van der Waals surface area contributed by atoms with Crippen molar-refractivity contribution >= 4 is 37.8 Å². The third-order valence-corrected chi connectivity index (χ3v) is 4.29.